The lowest BCUT2D eigenvalue weighted by Gasteiger charge is -2.50. The summed E-state index contributed by atoms with van der Waals surface area (Å²) >= 11 is 15.0. The Labute approximate surface area is 298 Å². The number of amides is 2. The van der Waals surface area contributed by atoms with E-state index in [-0.39, 0.29) is 25.3 Å². The van der Waals surface area contributed by atoms with Gasteiger partial charge in [0.05, 0.1) is 55.3 Å². The van der Waals surface area contributed by atoms with Crippen LogP contribution in [0.2, 0.25) is 10.0 Å². The summed E-state index contributed by atoms with van der Waals surface area (Å²) in [5.74, 6) is -3.46. The van der Waals surface area contributed by atoms with Gasteiger partial charge in [-0.2, -0.15) is 0 Å². The van der Waals surface area contributed by atoms with E-state index >= 15 is 0 Å². The monoisotopic (exact) mass is 750 g/mol. The van der Waals surface area contributed by atoms with Crippen molar-refractivity contribution in [3.63, 3.8) is 0 Å². The number of ether oxygens (including phenoxy) is 4. The molecule has 3 aliphatic rings. The number of carbonyl (C=O) groups excluding carboxylic acids is 5. The first-order valence-electron chi connectivity index (χ1n) is 14.0. The number of esters is 4. The molecular weight excluding hydrogens is 723 g/mol. The van der Waals surface area contributed by atoms with Crippen LogP contribution in [0.25, 0.3) is 5.57 Å². The molecule has 2 aromatic rings. The van der Waals surface area contributed by atoms with Crippen molar-refractivity contribution >= 4 is 105 Å². The lowest BCUT2D eigenvalue weighted by molar-refractivity contribution is -0.138. The molecule has 0 atom stereocenters. The molecule has 2 amide bonds. The quantitative estimate of drug-likeness (QED) is 0.251. The average Bonchev–Trinajstić information content (AvgIpc) is 3.44. The number of urea groups is 1. The highest BCUT2D eigenvalue weighted by atomic mass is 35.5. The Balaban J connectivity index is 1.83. The van der Waals surface area contributed by atoms with Gasteiger partial charge in [0.15, 0.2) is 0 Å². The Morgan fingerprint density at radius 1 is 0.750 bits per heavy atom. The van der Waals surface area contributed by atoms with Gasteiger partial charge in [-0.25, -0.2) is 24.0 Å². The van der Waals surface area contributed by atoms with Gasteiger partial charge < -0.3 is 24.3 Å². The maximum absolute atomic E-state index is 14.3. The van der Waals surface area contributed by atoms with Gasteiger partial charge in [-0.05, 0) is 50.6 Å². The molecule has 11 nitrogen and oxygen atoms in total. The summed E-state index contributed by atoms with van der Waals surface area (Å²) in [5.41, 5.74) is 1.22. The van der Waals surface area contributed by atoms with E-state index in [1.165, 1.54) is 11.0 Å². The van der Waals surface area contributed by atoms with Gasteiger partial charge in [0, 0.05) is 21.7 Å². The number of rotatable bonds is 5. The van der Waals surface area contributed by atoms with Crippen LogP contribution in [-0.2, 0) is 38.1 Å². The van der Waals surface area contributed by atoms with Crippen LogP contribution in [0.15, 0.2) is 61.6 Å². The minimum atomic E-state index is -1.68. The molecule has 0 fully saturated rings. The molecule has 5 rings (SSSR count). The third-order valence-corrected chi connectivity index (χ3v) is 13.1. The van der Waals surface area contributed by atoms with Crippen LogP contribution in [0, 0.1) is 6.92 Å². The molecule has 0 unspecified atom stereocenters. The Bertz CT molecular complexity index is 1880. The predicted octanol–water partition coefficient (Wildman–Crippen LogP) is 6.92. The van der Waals surface area contributed by atoms with Crippen molar-refractivity contribution in [2.24, 2.45) is 0 Å². The summed E-state index contributed by atoms with van der Waals surface area (Å²) < 4.78 is 18.7. The molecule has 16 heteroatoms. The summed E-state index contributed by atoms with van der Waals surface area (Å²) in [6.45, 7) is 5.42. The maximum Gasteiger partial charge on any atom is 0.345 e. The molecule has 0 aromatic heterocycles. The fourth-order valence-electron chi connectivity index (χ4n) is 5.54. The van der Waals surface area contributed by atoms with E-state index in [1.807, 2.05) is 19.1 Å². The third kappa shape index (κ3) is 5.76. The molecular formula is C32H28Cl2N2O9S3. The molecule has 3 aliphatic heterocycles. The fraction of sp³-hybridized carbons (Fsp3) is 0.281. The van der Waals surface area contributed by atoms with Gasteiger partial charge in [-0.15, -0.1) is 0 Å². The van der Waals surface area contributed by atoms with E-state index < -0.39 is 39.5 Å². The molecule has 0 saturated heterocycles. The highest BCUT2D eigenvalue weighted by molar-refractivity contribution is 8.26. The van der Waals surface area contributed by atoms with E-state index in [0.29, 0.717) is 32.4 Å². The molecule has 3 heterocycles. The molecule has 1 spiro atoms. The van der Waals surface area contributed by atoms with Crippen LogP contribution >= 0.6 is 58.5 Å². The van der Waals surface area contributed by atoms with Crippen LogP contribution in [0.3, 0.4) is 0 Å². The topological polar surface area (TPSA) is 138 Å². The molecule has 48 heavy (non-hydrogen) atoms. The predicted molar refractivity (Wildman–Crippen MR) is 188 cm³/mol. The molecule has 1 N–H and O–H groups in total. The number of anilines is 2. The van der Waals surface area contributed by atoms with Gasteiger partial charge in [-0.3, -0.25) is 4.90 Å². The number of nitrogens with one attached hydrogen (secondary N) is 1. The normalized spacial score (nSPS) is 17.5. The van der Waals surface area contributed by atoms with Crippen LogP contribution in [0.4, 0.5) is 16.2 Å². The van der Waals surface area contributed by atoms with Crippen LogP contribution in [0.1, 0.15) is 25.0 Å². The van der Waals surface area contributed by atoms with E-state index in [0.717, 1.165) is 69.3 Å². The smallest absolute Gasteiger partial charge is 0.345 e. The zero-order valence-corrected chi connectivity index (χ0v) is 30.5. The zero-order chi connectivity index (χ0) is 35.3. The highest BCUT2D eigenvalue weighted by Gasteiger charge is 2.61. The first kappa shape index (κ1) is 35.7. The third-order valence-electron chi connectivity index (χ3n) is 7.67. The molecule has 0 saturated carbocycles. The minimum absolute atomic E-state index is 0.134. The maximum atomic E-state index is 14.3. The van der Waals surface area contributed by atoms with E-state index in [1.54, 1.807) is 32.0 Å². The van der Waals surface area contributed by atoms with Gasteiger partial charge in [0.25, 0.3) is 0 Å². The second kappa shape index (κ2) is 13.4. The SMILES string of the molecule is COC(=O)C1=C(C(=O)OC)SC2(S1)C(C(=O)OC)=C(C(=O)OC)SC1=C2c2ccc(C)cc2N(C(=O)Nc2ccc(Cl)c(Cl)c2)C1(C)C. The molecule has 0 bridgehead atoms. The Kier molecular flexibility index (Phi) is 9.97. The van der Waals surface area contributed by atoms with Crippen molar-refractivity contribution in [2.75, 3.05) is 38.7 Å². The van der Waals surface area contributed by atoms with Gasteiger partial charge in [0.1, 0.15) is 18.8 Å². The molecule has 252 valence electrons. The molecule has 0 aliphatic carbocycles. The molecule has 0 radical (unpaired) electrons. The van der Waals surface area contributed by atoms with Crippen molar-refractivity contribution in [3.8, 4) is 0 Å². The lowest BCUT2D eigenvalue weighted by atomic mass is 9.83. The van der Waals surface area contributed by atoms with Crippen molar-refractivity contribution in [3.05, 3.63) is 82.8 Å². The number of fused-ring (bicyclic) bond motifs is 3. The summed E-state index contributed by atoms with van der Waals surface area (Å²) in [4.78, 5) is 69.5. The van der Waals surface area contributed by atoms with Crippen molar-refractivity contribution in [2.45, 2.75) is 30.4 Å². The number of methoxy groups -OCH3 is 4. The van der Waals surface area contributed by atoms with Gasteiger partial charge in [0.2, 0.25) is 0 Å². The van der Waals surface area contributed by atoms with Crippen LogP contribution in [-0.4, -0.2) is 68.0 Å². The second-order valence-corrected chi connectivity index (χ2v) is 15.5. The zero-order valence-electron chi connectivity index (χ0n) is 26.6. The first-order chi connectivity index (χ1) is 22.7. The molecule has 2 aromatic carbocycles. The van der Waals surface area contributed by atoms with Crippen molar-refractivity contribution in [1.82, 2.24) is 0 Å². The van der Waals surface area contributed by atoms with Gasteiger partial charge >= 0.3 is 29.9 Å². The standard InChI is InChI=1S/C32H28Cl2N2O9S3/c1-14-8-10-16-19(12-14)36(30(41)35-15-9-11-17(33)18(34)13-15)31(2,3)25-20(16)32(21(26(37)42-4)22(46-25)27(38)43-5)47-23(28(39)44-6)24(48-32)29(40)45-7/h8-13H,1-7H3,(H,35,41). The minimum Gasteiger partial charge on any atom is -0.466 e. The van der Waals surface area contributed by atoms with Crippen LogP contribution < -0.4 is 10.2 Å². The summed E-state index contributed by atoms with van der Waals surface area (Å²) in [7, 11) is 4.63. The van der Waals surface area contributed by atoms with E-state index in [9.17, 15) is 24.0 Å². The van der Waals surface area contributed by atoms with Crippen molar-refractivity contribution < 1.29 is 42.9 Å². The first-order valence-corrected chi connectivity index (χ1v) is 17.2. The summed E-state index contributed by atoms with van der Waals surface area (Å²) in [6, 6.07) is 9.56. The number of carbonyl (C=O) groups is 5. The number of halogens is 2. The fourth-order valence-corrected chi connectivity index (χ4v) is 10.9. The Morgan fingerprint density at radius 2 is 1.31 bits per heavy atom. The van der Waals surface area contributed by atoms with Crippen LogP contribution in [0.5, 0.6) is 0 Å². The Morgan fingerprint density at radius 3 is 1.85 bits per heavy atom. The number of thioether (sulfide) groups is 3. The highest BCUT2D eigenvalue weighted by Crippen LogP contribution is 2.71. The summed E-state index contributed by atoms with van der Waals surface area (Å²) in [6.07, 6.45) is 0. The average molecular weight is 752 g/mol. The summed E-state index contributed by atoms with van der Waals surface area (Å²) in [5, 5.41) is 3.44. The number of hydrogen-bond acceptors (Lipinski definition) is 12. The number of aryl methyl sites for hydroxylation is 1. The van der Waals surface area contributed by atoms with Crippen molar-refractivity contribution in [1.29, 1.82) is 0 Å². The second-order valence-electron chi connectivity index (χ2n) is 10.9. The lowest BCUT2D eigenvalue weighted by Crippen LogP contribution is -2.55. The largest absolute Gasteiger partial charge is 0.466 e. The van der Waals surface area contributed by atoms with E-state index in [2.05, 4.69) is 5.32 Å². The number of hydrogen-bond donors (Lipinski definition) is 1. The number of nitrogens with zero attached hydrogens (tertiary/aromatic N) is 1. The van der Waals surface area contributed by atoms with Gasteiger partial charge in [-0.1, -0.05) is 70.6 Å². The van der Waals surface area contributed by atoms with E-state index in [4.69, 9.17) is 42.1 Å². The number of benzene rings is 2. The Hall–Kier alpha value is -3.56.